The third-order valence-electron chi connectivity index (χ3n) is 7.39. The molecule has 0 amide bonds. The molecule has 182 valence electrons. The van der Waals surface area contributed by atoms with E-state index in [2.05, 4.69) is 24.0 Å². The van der Waals surface area contributed by atoms with Crippen LogP contribution < -0.4 is 0 Å². The maximum absolute atomic E-state index is 12.5. The zero-order chi connectivity index (χ0) is 23.6. The lowest BCUT2D eigenvalue weighted by molar-refractivity contribution is -0.187. The first-order valence-corrected chi connectivity index (χ1v) is 12.7. The summed E-state index contributed by atoms with van der Waals surface area (Å²) in [5.74, 6) is 7.21. The van der Waals surface area contributed by atoms with Crippen LogP contribution >= 0.6 is 0 Å². The van der Waals surface area contributed by atoms with Gasteiger partial charge in [-0.25, -0.2) is 0 Å². The number of carbonyl (C=O) groups excluding carboxylic acids is 2. The lowest BCUT2D eigenvalue weighted by atomic mass is 9.90. The second-order valence-corrected chi connectivity index (χ2v) is 9.67. The zero-order valence-electron chi connectivity index (χ0n) is 20.5. The summed E-state index contributed by atoms with van der Waals surface area (Å²) in [6.07, 6.45) is 15.3. The Bertz CT molecular complexity index is 780. The zero-order valence-corrected chi connectivity index (χ0v) is 20.5. The molecule has 0 aromatic rings. The summed E-state index contributed by atoms with van der Waals surface area (Å²) in [6.45, 7) is 4.54. The van der Waals surface area contributed by atoms with E-state index in [0.717, 1.165) is 58.0 Å². The fourth-order valence-corrected chi connectivity index (χ4v) is 5.46. The van der Waals surface area contributed by atoms with E-state index in [-0.39, 0.29) is 30.1 Å². The topological polar surface area (TPSA) is 61.8 Å². The molecule has 3 rings (SSSR count). The van der Waals surface area contributed by atoms with Crippen LogP contribution in [-0.4, -0.2) is 37.9 Å². The predicted molar refractivity (Wildman–Crippen MR) is 128 cm³/mol. The minimum atomic E-state index is -0.158. The van der Waals surface area contributed by atoms with E-state index >= 15 is 0 Å². The van der Waals surface area contributed by atoms with E-state index in [1.165, 1.54) is 12.7 Å². The third-order valence-corrected chi connectivity index (χ3v) is 7.39. The number of carbonyl (C=O) groups is 2. The van der Waals surface area contributed by atoms with Crippen molar-refractivity contribution in [2.45, 2.75) is 90.4 Å². The van der Waals surface area contributed by atoms with Crippen LogP contribution in [0.3, 0.4) is 0 Å². The lowest BCUT2D eigenvalue weighted by Crippen LogP contribution is -2.31. The molecule has 3 fully saturated rings. The maximum Gasteiger partial charge on any atom is 0.305 e. The fraction of sp³-hybridized carbons (Fsp3) is 0.714. The number of hydrogen-bond acceptors (Lipinski definition) is 5. The molecular formula is C28H40O5. The van der Waals surface area contributed by atoms with E-state index in [9.17, 15) is 9.59 Å². The van der Waals surface area contributed by atoms with E-state index in [1.54, 1.807) is 6.08 Å². The molecule has 2 unspecified atom stereocenters. The highest BCUT2D eigenvalue weighted by atomic mass is 16.7. The Labute approximate surface area is 199 Å². The van der Waals surface area contributed by atoms with Gasteiger partial charge in [0, 0.05) is 25.4 Å². The monoisotopic (exact) mass is 456 g/mol. The molecule has 33 heavy (non-hydrogen) atoms. The van der Waals surface area contributed by atoms with Crippen LogP contribution in [-0.2, 0) is 23.8 Å². The van der Waals surface area contributed by atoms with Crippen LogP contribution in [0.2, 0.25) is 0 Å². The van der Waals surface area contributed by atoms with E-state index in [1.807, 2.05) is 13.8 Å². The van der Waals surface area contributed by atoms with Crippen molar-refractivity contribution in [1.82, 2.24) is 0 Å². The number of fused-ring (bicyclic) bond motifs is 1. The van der Waals surface area contributed by atoms with Gasteiger partial charge in [0.05, 0.1) is 13.2 Å². The van der Waals surface area contributed by atoms with Crippen molar-refractivity contribution >= 4 is 11.8 Å². The van der Waals surface area contributed by atoms with Crippen LogP contribution in [0.4, 0.5) is 0 Å². The van der Waals surface area contributed by atoms with Gasteiger partial charge in [-0.2, -0.15) is 0 Å². The van der Waals surface area contributed by atoms with Crippen molar-refractivity contribution in [2.75, 3.05) is 13.7 Å². The average molecular weight is 457 g/mol. The molecule has 2 saturated carbocycles. The van der Waals surface area contributed by atoms with Crippen LogP contribution in [0.15, 0.2) is 23.8 Å². The van der Waals surface area contributed by atoms with Crippen molar-refractivity contribution in [3.63, 3.8) is 0 Å². The number of ether oxygens (including phenoxy) is 3. The largest absolute Gasteiger partial charge is 0.469 e. The Morgan fingerprint density at radius 3 is 2.79 bits per heavy atom. The highest BCUT2D eigenvalue weighted by Crippen LogP contribution is 2.52. The molecule has 2 aliphatic carbocycles. The van der Waals surface area contributed by atoms with Crippen molar-refractivity contribution in [1.29, 1.82) is 0 Å². The molecule has 0 radical (unpaired) electrons. The Morgan fingerprint density at radius 2 is 2.06 bits per heavy atom. The van der Waals surface area contributed by atoms with Gasteiger partial charge in [-0.3, -0.25) is 9.59 Å². The number of unbranched alkanes of at least 4 members (excludes halogenated alkanes) is 1. The molecule has 1 saturated heterocycles. The Kier molecular flexibility index (Phi) is 10.2. The molecule has 0 bridgehead atoms. The van der Waals surface area contributed by atoms with Gasteiger partial charge < -0.3 is 14.2 Å². The summed E-state index contributed by atoms with van der Waals surface area (Å²) < 4.78 is 17.2. The highest BCUT2D eigenvalue weighted by molar-refractivity contribution is 5.91. The third kappa shape index (κ3) is 7.29. The summed E-state index contributed by atoms with van der Waals surface area (Å²) in [7, 11) is 1.43. The highest BCUT2D eigenvalue weighted by Gasteiger charge is 2.47. The average Bonchev–Trinajstić information content (AvgIpc) is 3.38. The van der Waals surface area contributed by atoms with E-state index in [4.69, 9.17) is 14.2 Å². The molecule has 0 aromatic heterocycles. The van der Waals surface area contributed by atoms with Crippen molar-refractivity contribution in [3.8, 4) is 11.8 Å². The van der Waals surface area contributed by atoms with Gasteiger partial charge in [-0.1, -0.05) is 19.1 Å². The van der Waals surface area contributed by atoms with Gasteiger partial charge in [0.15, 0.2) is 12.1 Å². The van der Waals surface area contributed by atoms with Gasteiger partial charge >= 0.3 is 5.97 Å². The predicted octanol–water partition coefficient (Wildman–Crippen LogP) is 5.39. The number of esters is 1. The normalized spacial score (nSPS) is 31.2. The second kappa shape index (κ2) is 13.1. The number of ketones is 1. The van der Waals surface area contributed by atoms with Crippen molar-refractivity contribution in [2.24, 2.45) is 23.7 Å². The minimum Gasteiger partial charge on any atom is -0.469 e. The smallest absolute Gasteiger partial charge is 0.305 e. The molecule has 0 aromatic carbocycles. The first-order valence-electron chi connectivity index (χ1n) is 12.7. The molecule has 6 atom stereocenters. The number of hydrogen-bond donors (Lipinski definition) is 0. The van der Waals surface area contributed by atoms with Crippen LogP contribution in [0.1, 0.15) is 78.1 Å². The molecule has 0 N–H and O–H groups in total. The Hall–Kier alpha value is -1.90. The van der Waals surface area contributed by atoms with Crippen LogP contribution in [0, 0.1) is 35.5 Å². The minimum absolute atomic E-state index is 0.0562. The molecular weight excluding hydrogens is 416 g/mol. The quantitative estimate of drug-likeness (QED) is 0.145. The Balaban J connectivity index is 1.65. The van der Waals surface area contributed by atoms with Crippen LogP contribution in [0.25, 0.3) is 0 Å². The molecule has 5 heteroatoms. The fourth-order valence-electron chi connectivity index (χ4n) is 5.46. The van der Waals surface area contributed by atoms with E-state index < -0.39 is 0 Å². The van der Waals surface area contributed by atoms with Gasteiger partial charge in [0.1, 0.15) is 0 Å². The second-order valence-electron chi connectivity index (χ2n) is 9.67. The summed E-state index contributed by atoms with van der Waals surface area (Å²) >= 11 is 0. The first kappa shape index (κ1) is 25.7. The molecule has 3 aliphatic rings. The first-order chi connectivity index (χ1) is 16.0. The Morgan fingerprint density at radius 1 is 1.21 bits per heavy atom. The molecule has 5 nitrogen and oxygen atoms in total. The molecule has 1 heterocycles. The molecule has 0 spiro atoms. The summed E-state index contributed by atoms with van der Waals surface area (Å²) in [6, 6.07) is 0. The summed E-state index contributed by atoms with van der Waals surface area (Å²) in [4.78, 5) is 23.9. The SMILES string of the molecule is CC#CC[C@H](C)C(=O)/C=C/[C@H]1CC[C@@H]2C(OC3CCCCO3)C(=CCCCC(=O)OC)C[C@H]21. The van der Waals surface area contributed by atoms with Gasteiger partial charge in [0.2, 0.25) is 0 Å². The van der Waals surface area contributed by atoms with Crippen molar-refractivity contribution < 1.29 is 23.8 Å². The van der Waals surface area contributed by atoms with Gasteiger partial charge in [0.25, 0.3) is 0 Å². The lowest BCUT2D eigenvalue weighted by Gasteiger charge is -2.29. The summed E-state index contributed by atoms with van der Waals surface area (Å²) in [5, 5.41) is 0. The number of methoxy groups -OCH3 is 1. The van der Waals surface area contributed by atoms with Crippen molar-refractivity contribution in [3.05, 3.63) is 23.8 Å². The van der Waals surface area contributed by atoms with Crippen LogP contribution in [0.5, 0.6) is 0 Å². The number of allylic oxidation sites excluding steroid dienone is 3. The standard InChI is InChI=1S/C28H40O5/c1-4-5-10-20(2)25(29)17-15-21-14-16-23-24(21)19-22(11-6-7-12-26(30)31-3)28(23)33-27-13-8-9-18-32-27/h11,15,17,20-21,23-24,27-28H,6-10,12-14,16,18-19H2,1-3H3/b17-15+,22-11?/t20-,21+,23-,24-,27?,28?/m0/s1. The van der Waals surface area contributed by atoms with Gasteiger partial charge in [-0.05, 0) is 87.7 Å². The summed E-state index contributed by atoms with van der Waals surface area (Å²) in [5.41, 5.74) is 1.35. The maximum atomic E-state index is 12.5. The van der Waals surface area contributed by atoms with E-state index in [0.29, 0.717) is 30.6 Å². The number of rotatable bonds is 10. The van der Waals surface area contributed by atoms with Gasteiger partial charge in [-0.15, -0.1) is 11.8 Å². The molecule has 1 aliphatic heterocycles.